The predicted octanol–water partition coefficient (Wildman–Crippen LogP) is 4.33. The highest BCUT2D eigenvalue weighted by atomic mass is 35.5. The van der Waals surface area contributed by atoms with Gasteiger partial charge in [-0.1, -0.05) is 41.6 Å². The van der Waals surface area contributed by atoms with E-state index in [1.54, 1.807) is 0 Å². The number of nitrogens with one attached hydrogen (secondary N) is 2. The van der Waals surface area contributed by atoms with Crippen LogP contribution < -0.4 is 5.32 Å². The van der Waals surface area contributed by atoms with E-state index in [-0.39, 0.29) is 27.5 Å². The first-order valence-electron chi connectivity index (χ1n) is 8.89. The Morgan fingerprint density at radius 2 is 2.07 bits per heavy atom. The third kappa shape index (κ3) is 4.24. The minimum atomic E-state index is -4.55. The van der Waals surface area contributed by atoms with Gasteiger partial charge in [0.15, 0.2) is 10.8 Å². The topological polar surface area (TPSA) is 75.1 Å². The number of amides is 1. The largest absolute Gasteiger partial charge is 0.417 e. The first-order valence-corrected chi connectivity index (χ1v) is 10.3. The lowest BCUT2D eigenvalue weighted by Crippen LogP contribution is -2.27. The average Bonchev–Trinajstić information content (AvgIpc) is 3.30. The van der Waals surface area contributed by atoms with E-state index < -0.39 is 11.7 Å². The Morgan fingerprint density at radius 1 is 1.27 bits per heavy atom. The Bertz CT molecular complexity index is 1220. The van der Waals surface area contributed by atoms with Crippen molar-refractivity contribution in [1.29, 1.82) is 0 Å². The molecule has 1 amide bonds. The van der Waals surface area contributed by atoms with Crippen LogP contribution in [0.1, 0.15) is 11.1 Å². The molecule has 0 aliphatic rings. The van der Waals surface area contributed by atoms with Crippen molar-refractivity contribution in [1.82, 2.24) is 24.9 Å². The summed E-state index contributed by atoms with van der Waals surface area (Å²) in [7, 11) is 0. The van der Waals surface area contributed by atoms with Gasteiger partial charge in [0.25, 0.3) is 0 Å². The van der Waals surface area contributed by atoms with Crippen molar-refractivity contribution in [3.05, 3.63) is 58.9 Å². The summed E-state index contributed by atoms with van der Waals surface area (Å²) in [5.41, 5.74) is 1.32. The number of pyridine rings is 1. The number of hydrogen-bond donors (Lipinski definition) is 2. The molecule has 11 heteroatoms. The van der Waals surface area contributed by atoms with E-state index in [2.05, 4.69) is 20.5 Å². The Labute approximate surface area is 177 Å². The van der Waals surface area contributed by atoms with Gasteiger partial charge in [-0.25, -0.2) is 0 Å². The molecule has 156 valence electrons. The Morgan fingerprint density at radius 3 is 2.87 bits per heavy atom. The number of halogens is 4. The number of thioether (sulfide) groups is 1. The summed E-state index contributed by atoms with van der Waals surface area (Å²) in [5, 5.41) is 11.6. The van der Waals surface area contributed by atoms with Crippen LogP contribution >= 0.6 is 23.4 Å². The number of carbonyl (C=O) groups excluding carboxylic acids is 1. The summed E-state index contributed by atoms with van der Waals surface area (Å²) in [5.74, 6) is -0.266. The number of rotatable bonds is 6. The molecular weight excluding hydrogens is 439 g/mol. The van der Waals surface area contributed by atoms with Crippen LogP contribution in [0.25, 0.3) is 16.6 Å². The molecule has 4 rings (SSSR count). The summed E-state index contributed by atoms with van der Waals surface area (Å²) >= 11 is 6.88. The number of carbonyl (C=O) groups is 1. The molecule has 2 N–H and O–H groups in total. The van der Waals surface area contributed by atoms with E-state index >= 15 is 0 Å². The first-order chi connectivity index (χ1) is 14.3. The van der Waals surface area contributed by atoms with Crippen LogP contribution in [0.5, 0.6) is 0 Å². The molecule has 0 saturated heterocycles. The van der Waals surface area contributed by atoms with Gasteiger partial charge in [-0.2, -0.15) is 13.2 Å². The number of nitrogens with zero attached hydrogens (tertiary/aromatic N) is 3. The number of benzene rings is 1. The van der Waals surface area contributed by atoms with Crippen molar-refractivity contribution in [3.63, 3.8) is 0 Å². The molecule has 0 saturated carbocycles. The normalized spacial score (nSPS) is 12.0. The van der Waals surface area contributed by atoms with Gasteiger partial charge in [0.1, 0.15) is 0 Å². The molecule has 0 unspecified atom stereocenters. The Kier molecular flexibility index (Phi) is 5.61. The quantitative estimate of drug-likeness (QED) is 0.426. The zero-order valence-corrected chi connectivity index (χ0v) is 16.9. The van der Waals surface area contributed by atoms with Gasteiger partial charge in [0.05, 0.1) is 16.3 Å². The van der Waals surface area contributed by atoms with Crippen molar-refractivity contribution in [2.75, 3.05) is 12.3 Å². The number of para-hydroxylation sites is 1. The number of aromatic nitrogens is 4. The first kappa shape index (κ1) is 20.5. The molecule has 30 heavy (non-hydrogen) atoms. The van der Waals surface area contributed by atoms with E-state index in [4.69, 9.17) is 11.6 Å². The number of aromatic amines is 1. The summed E-state index contributed by atoms with van der Waals surface area (Å²) in [4.78, 5) is 15.3. The van der Waals surface area contributed by atoms with Crippen molar-refractivity contribution >= 4 is 45.8 Å². The second-order valence-electron chi connectivity index (χ2n) is 6.50. The molecular formula is C19H15ClF3N5OS. The van der Waals surface area contributed by atoms with E-state index in [1.165, 1.54) is 0 Å². The monoisotopic (exact) mass is 453 g/mol. The number of fused-ring (bicyclic) bond motifs is 2. The molecule has 3 aromatic heterocycles. The highest BCUT2D eigenvalue weighted by Crippen LogP contribution is 2.33. The smallest absolute Gasteiger partial charge is 0.361 e. The van der Waals surface area contributed by atoms with Crippen molar-refractivity contribution in [3.8, 4) is 0 Å². The average molecular weight is 454 g/mol. The SMILES string of the molecule is O=C(CSc1nnc2c(Cl)cc(C(F)(F)F)cn12)NCCc1c[nH]c2ccccc12. The zero-order chi connectivity index (χ0) is 21.3. The lowest BCUT2D eigenvalue weighted by molar-refractivity contribution is -0.137. The van der Waals surface area contributed by atoms with E-state index in [9.17, 15) is 18.0 Å². The minimum absolute atomic E-state index is 0.0114. The van der Waals surface area contributed by atoms with Crippen LogP contribution in [-0.2, 0) is 17.4 Å². The maximum absolute atomic E-state index is 13.0. The lowest BCUT2D eigenvalue weighted by atomic mass is 10.1. The van der Waals surface area contributed by atoms with Gasteiger partial charge in [-0.3, -0.25) is 9.20 Å². The number of hydrogen-bond acceptors (Lipinski definition) is 4. The van der Waals surface area contributed by atoms with Crippen LogP contribution in [0.15, 0.2) is 47.9 Å². The lowest BCUT2D eigenvalue weighted by Gasteiger charge is -2.08. The van der Waals surface area contributed by atoms with Gasteiger partial charge in [-0.15, -0.1) is 10.2 Å². The molecule has 0 aliphatic carbocycles. The van der Waals surface area contributed by atoms with Crippen LogP contribution in [-0.4, -0.2) is 37.8 Å². The van der Waals surface area contributed by atoms with E-state index in [1.807, 2.05) is 30.5 Å². The fourth-order valence-corrected chi connectivity index (χ4v) is 4.03. The highest BCUT2D eigenvalue weighted by Gasteiger charge is 2.32. The minimum Gasteiger partial charge on any atom is -0.361 e. The number of alkyl halides is 3. The van der Waals surface area contributed by atoms with Gasteiger partial charge in [-0.05, 0) is 24.1 Å². The third-order valence-electron chi connectivity index (χ3n) is 4.48. The molecule has 6 nitrogen and oxygen atoms in total. The van der Waals surface area contributed by atoms with Crippen molar-refractivity contribution in [2.24, 2.45) is 0 Å². The van der Waals surface area contributed by atoms with Gasteiger partial charge in [0.2, 0.25) is 5.91 Å². The molecule has 1 aromatic carbocycles. The second kappa shape index (κ2) is 8.19. The maximum atomic E-state index is 13.0. The molecule has 3 heterocycles. The molecule has 4 aromatic rings. The van der Waals surface area contributed by atoms with Crippen LogP contribution in [0.4, 0.5) is 13.2 Å². The van der Waals surface area contributed by atoms with Crippen LogP contribution in [0.3, 0.4) is 0 Å². The van der Waals surface area contributed by atoms with Crippen LogP contribution in [0.2, 0.25) is 5.02 Å². The van der Waals surface area contributed by atoms with Crippen molar-refractivity contribution < 1.29 is 18.0 Å². The Balaban J connectivity index is 1.37. The summed E-state index contributed by atoms with van der Waals surface area (Å²) in [6.45, 7) is 0.436. The molecule has 0 spiro atoms. The standard InChI is InChI=1S/C19H15ClF3N5OS/c20-14-7-12(19(21,22)23)9-28-17(14)26-27-18(28)30-10-16(29)24-6-5-11-8-25-15-4-2-1-3-13(11)15/h1-4,7-9,25H,5-6,10H2,(H,24,29). The molecule has 0 fully saturated rings. The highest BCUT2D eigenvalue weighted by molar-refractivity contribution is 7.99. The van der Waals surface area contributed by atoms with E-state index in [0.29, 0.717) is 13.0 Å². The predicted molar refractivity (Wildman–Crippen MR) is 109 cm³/mol. The maximum Gasteiger partial charge on any atom is 0.417 e. The zero-order valence-electron chi connectivity index (χ0n) is 15.3. The summed E-state index contributed by atoms with van der Waals surface area (Å²) in [6, 6.07) is 8.69. The number of H-pyrrole nitrogens is 1. The fraction of sp³-hybridized carbons (Fsp3) is 0.211. The molecule has 0 atom stereocenters. The van der Waals surface area contributed by atoms with Gasteiger partial charge < -0.3 is 10.3 Å². The second-order valence-corrected chi connectivity index (χ2v) is 7.85. The third-order valence-corrected chi connectivity index (χ3v) is 5.70. The van der Waals surface area contributed by atoms with Crippen molar-refractivity contribution in [2.45, 2.75) is 17.8 Å². The van der Waals surface area contributed by atoms with Crippen LogP contribution in [0, 0.1) is 0 Å². The Hall–Kier alpha value is -2.72. The molecule has 0 aliphatic heterocycles. The summed E-state index contributed by atoms with van der Waals surface area (Å²) in [6.07, 6.45) is -1.11. The molecule has 0 radical (unpaired) electrons. The van der Waals surface area contributed by atoms with Gasteiger partial charge in [0, 0.05) is 29.8 Å². The van der Waals surface area contributed by atoms with E-state index in [0.717, 1.165) is 44.9 Å². The fourth-order valence-electron chi connectivity index (χ4n) is 3.04. The summed E-state index contributed by atoms with van der Waals surface area (Å²) < 4.78 is 40.2. The van der Waals surface area contributed by atoms with Gasteiger partial charge >= 0.3 is 6.18 Å². The molecule has 0 bridgehead atoms.